The monoisotopic (exact) mass is 396 g/mol. The fraction of sp³-hybridized carbons (Fsp3) is 0.263. The maximum Gasteiger partial charge on any atom is 0.260 e. The highest BCUT2D eigenvalue weighted by molar-refractivity contribution is 6.28. The zero-order chi connectivity index (χ0) is 19.1. The first-order chi connectivity index (χ1) is 13.7. The molecule has 3 aromatic heterocycles. The Morgan fingerprint density at radius 1 is 1.14 bits per heavy atom. The molecule has 9 heteroatoms. The predicted molar refractivity (Wildman–Crippen MR) is 104 cm³/mol. The molecule has 0 saturated heterocycles. The van der Waals surface area contributed by atoms with Gasteiger partial charge in [0.1, 0.15) is 17.3 Å². The summed E-state index contributed by atoms with van der Waals surface area (Å²) in [5.41, 5.74) is 7.30. The van der Waals surface area contributed by atoms with Crippen LogP contribution >= 0.6 is 11.6 Å². The van der Waals surface area contributed by atoms with Crippen LogP contribution < -0.4 is 10.5 Å². The number of ether oxygens (including phenoxy) is 1. The molecule has 1 saturated carbocycles. The van der Waals surface area contributed by atoms with E-state index in [2.05, 4.69) is 15.1 Å². The van der Waals surface area contributed by atoms with Crippen LogP contribution in [0.4, 0.5) is 5.82 Å². The third-order valence-corrected chi connectivity index (χ3v) is 5.08. The van der Waals surface area contributed by atoms with Crippen molar-refractivity contribution < 1.29 is 9.26 Å². The second kappa shape index (κ2) is 6.79. The van der Waals surface area contributed by atoms with E-state index in [1.807, 2.05) is 35.0 Å². The first-order valence-corrected chi connectivity index (χ1v) is 9.48. The molecule has 4 aromatic rings. The number of rotatable bonds is 4. The lowest BCUT2D eigenvalue weighted by atomic mass is 10.2. The van der Waals surface area contributed by atoms with E-state index < -0.39 is 0 Å². The van der Waals surface area contributed by atoms with Crippen LogP contribution in [0, 0.1) is 0 Å². The molecule has 28 heavy (non-hydrogen) atoms. The topological polar surface area (TPSA) is 105 Å². The Morgan fingerprint density at radius 3 is 2.71 bits per heavy atom. The Kier molecular flexibility index (Phi) is 4.12. The number of fused-ring (bicyclic) bond motifs is 1. The molecule has 1 aromatic carbocycles. The standard InChI is InChI=1S/C19H17ClN6O2/c20-19-22-17(21)15-16(24-26(18(15)23-19)11-6-4-5-7-11)13-10-14(25-28-13)27-12-8-2-1-3-9-12/h1-3,8-11H,4-7H2,(H2,21,22,23). The van der Waals surface area contributed by atoms with Crippen LogP contribution in [0.3, 0.4) is 0 Å². The van der Waals surface area contributed by atoms with Crippen LogP contribution in [0.5, 0.6) is 11.6 Å². The molecule has 0 atom stereocenters. The van der Waals surface area contributed by atoms with Gasteiger partial charge in [0.2, 0.25) is 5.28 Å². The van der Waals surface area contributed by atoms with Crippen molar-refractivity contribution in [2.75, 3.05) is 5.73 Å². The highest BCUT2D eigenvalue weighted by Crippen LogP contribution is 2.38. The van der Waals surface area contributed by atoms with Gasteiger partial charge in [-0.2, -0.15) is 10.1 Å². The number of halogens is 1. The summed E-state index contributed by atoms with van der Waals surface area (Å²) in [5.74, 6) is 1.69. The van der Waals surface area contributed by atoms with E-state index in [1.165, 1.54) is 0 Å². The third-order valence-electron chi connectivity index (χ3n) is 4.91. The van der Waals surface area contributed by atoms with Crippen molar-refractivity contribution in [1.82, 2.24) is 24.9 Å². The molecule has 0 amide bonds. The van der Waals surface area contributed by atoms with Crippen LogP contribution in [-0.4, -0.2) is 24.9 Å². The van der Waals surface area contributed by atoms with E-state index in [-0.39, 0.29) is 17.1 Å². The lowest BCUT2D eigenvalue weighted by molar-refractivity contribution is 0.372. The number of para-hydroxylation sites is 1. The van der Waals surface area contributed by atoms with E-state index >= 15 is 0 Å². The Hall–Kier alpha value is -3.13. The van der Waals surface area contributed by atoms with Crippen molar-refractivity contribution in [3.8, 4) is 23.1 Å². The van der Waals surface area contributed by atoms with E-state index in [0.717, 1.165) is 25.7 Å². The Labute approximate surface area is 165 Å². The Balaban J connectivity index is 1.59. The third kappa shape index (κ3) is 2.95. The minimum absolute atomic E-state index is 0.0985. The minimum atomic E-state index is 0.0985. The summed E-state index contributed by atoms with van der Waals surface area (Å²) >= 11 is 6.05. The molecule has 0 spiro atoms. The number of nitrogens with zero attached hydrogens (tertiary/aromatic N) is 5. The van der Waals surface area contributed by atoms with Gasteiger partial charge in [-0.05, 0) is 41.7 Å². The van der Waals surface area contributed by atoms with Crippen LogP contribution in [0.2, 0.25) is 5.28 Å². The van der Waals surface area contributed by atoms with Gasteiger partial charge in [-0.15, -0.1) is 0 Å². The molecule has 1 aliphatic carbocycles. The summed E-state index contributed by atoms with van der Waals surface area (Å²) in [6, 6.07) is 11.3. The summed E-state index contributed by atoms with van der Waals surface area (Å²) in [7, 11) is 0. The normalized spacial score (nSPS) is 14.8. The summed E-state index contributed by atoms with van der Waals surface area (Å²) in [4.78, 5) is 8.47. The molecule has 1 fully saturated rings. The maximum atomic E-state index is 6.16. The largest absolute Gasteiger partial charge is 0.436 e. The van der Waals surface area contributed by atoms with Crippen molar-refractivity contribution in [2.24, 2.45) is 0 Å². The predicted octanol–water partition coefficient (Wildman–Crippen LogP) is 4.62. The lowest BCUT2D eigenvalue weighted by Gasteiger charge is -2.10. The fourth-order valence-corrected chi connectivity index (χ4v) is 3.81. The number of hydrogen-bond donors (Lipinski definition) is 1. The highest BCUT2D eigenvalue weighted by atomic mass is 35.5. The molecular formula is C19H17ClN6O2. The van der Waals surface area contributed by atoms with Gasteiger partial charge in [-0.3, -0.25) is 0 Å². The molecule has 0 radical (unpaired) electrons. The second-order valence-electron chi connectivity index (χ2n) is 6.75. The van der Waals surface area contributed by atoms with Crippen molar-refractivity contribution in [1.29, 1.82) is 0 Å². The van der Waals surface area contributed by atoms with E-state index in [0.29, 0.717) is 34.1 Å². The summed E-state index contributed by atoms with van der Waals surface area (Å²) in [6.45, 7) is 0. The van der Waals surface area contributed by atoms with Crippen molar-refractivity contribution in [2.45, 2.75) is 31.7 Å². The minimum Gasteiger partial charge on any atom is -0.436 e. The van der Waals surface area contributed by atoms with Crippen molar-refractivity contribution >= 4 is 28.5 Å². The average Bonchev–Trinajstić information content (AvgIpc) is 3.41. The van der Waals surface area contributed by atoms with Gasteiger partial charge in [0, 0.05) is 0 Å². The first kappa shape index (κ1) is 17.0. The molecule has 5 rings (SSSR count). The van der Waals surface area contributed by atoms with Gasteiger partial charge in [0.25, 0.3) is 5.88 Å². The molecule has 0 bridgehead atoms. The summed E-state index contributed by atoms with van der Waals surface area (Å²) in [6.07, 6.45) is 4.40. The Morgan fingerprint density at radius 2 is 1.93 bits per heavy atom. The van der Waals surface area contributed by atoms with Crippen molar-refractivity contribution in [3.05, 3.63) is 41.7 Å². The molecule has 0 aliphatic heterocycles. The van der Waals surface area contributed by atoms with E-state index in [1.54, 1.807) is 6.07 Å². The highest BCUT2D eigenvalue weighted by Gasteiger charge is 2.27. The molecule has 8 nitrogen and oxygen atoms in total. The van der Waals surface area contributed by atoms with Gasteiger partial charge < -0.3 is 15.0 Å². The lowest BCUT2D eigenvalue weighted by Crippen LogP contribution is -2.07. The number of aromatic nitrogens is 5. The first-order valence-electron chi connectivity index (χ1n) is 9.10. The number of benzene rings is 1. The van der Waals surface area contributed by atoms with Gasteiger partial charge in [0.05, 0.1) is 17.5 Å². The molecule has 0 unspecified atom stereocenters. The van der Waals surface area contributed by atoms with Gasteiger partial charge in [0.15, 0.2) is 11.4 Å². The maximum absolute atomic E-state index is 6.16. The van der Waals surface area contributed by atoms with Gasteiger partial charge in [-0.25, -0.2) is 9.67 Å². The Bertz CT molecular complexity index is 1130. The van der Waals surface area contributed by atoms with Crippen LogP contribution in [0.15, 0.2) is 40.9 Å². The SMILES string of the molecule is Nc1nc(Cl)nc2c1c(-c1cc(Oc3ccccc3)no1)nn2C1CCCC1. The number of nitrogens with two attached hydrogens (primary N) is 1. The quantitative estimate of drug-likeness (QED) is 0.501. The van der Waals surface area contributed by atoms with Gasteiger partial charge >= 0.3 is 0 Å². The summed E-state index contributed by atoms with van der Waals surface area (Å²) < 4.78 is 13.1. The summed E-state index contributed by atoms with van der Waals surface area (Å²) in [5, 5.41) is 9.45. The van der Waals surface area contributed by atoms with Gasteiger partial charge in [-0.1, -0.05) is 31.0 Å². The number of hydrogen-bond acceptors (Lipinski definition) is 7. The molecule has 2 N–H and O–H groups in total. The molecular weight excluding hydrogens is 380 g/mol. The van der Waals surface area contributed by atoms with Crippen LogP contribution in [0.1, 0.15) is 31.7 Å². The van der Waals surface area contributed by atoms with E-state index in [9.17, 15) is 0 Å². The molecule has 142 valence electrons. The zero-order valence-corrected chi connectivity index (χ0v) is 15.6. The van der Waals surface area contributed by atoms with Crippen molar-refractivity contribution in [3.63, 3.8) is 0 Å². The smallest absolute Gasteiger partial charge is 0.260 e. The second-order valence-corrected chi connectivity index (χ2v) is 7.09. The molecule has 3 heterocycles. The van der Waals surface area contributed by atoms with Crippen LogP contribution in [-0.2, 0) is 0 Å². The average molecular weight is 397 g/mol. The van der Waals surface area contributed by atoms with E-state index in [4.69, 9.17) is 31.7 Å². The molecule has 1 aliphatic rings. The number of nitrogen functional groups attached to an aromatic ring is 1. The fourth-order valence-electron chi connectivity index (χ4n) is 3.64. The zero-order valence-electron chi connectivity index (χ0n) is 14.9. The van der Waals surface area contributed by atoms with Crippen LogP contribution in [0.25, 0.3) is 22.5 Å². The number of anilines is 1.